The molecule has 1 aromatic rings. The van der Waals surface area contributed by atoms with E-state index in [2.05, 4.69) is 39.3 Å². The van der Waals surface area contributed by atoms with Crippen LogP contribution in [-0.4, -0.2) is 11.7 Å². The number of halogens is 1. The van der Waals surface area contributed by atoms with Crippen molar-refractivity contribution in [3.05, 3.63) is 35.8 Å². The molecule has 2 nitrogen and oxygen atoms in total. The first kappa shape index (κ1) is 9.38. The van der Waals surface area contributed by atoms with Gasteiger partial charge >= 0.3 is 0 Å². The van der Waals surface area contributed by atoms with E-state index < -0.39 is 0 Å². The van der Waals surface area contributed by atoms with Gasteiger partial charge in [0.25, 0.3) is 0 Å². The first-order valence-corrected chi connectivity index (χ1v) is 4.56. The summed E-state index contributed by atoms with van der Waals surface area (Å²) in [5.74, 6) is 0. The minimum Gasteiger partial charge on any atom is -0.271 e. The van der Waals surface area contributed by atoms with E-state index in [1.54, 1.807) is 12.4 Å². The summed E-state index contributed by atoms with van der Waals surface area (Å²) in [6, 6.07) is 1.98. The number of hydrogen-bond donors (Lipinski definition) is 0. The van der Waals surface area contributed by atoms with Gasteiger partial charge < -0.3 is 0 Å². The van der Waals surface area contributed by atoms with Crippen LogP contribution in [0.3, 0.4) is 0 Å². The van der Waals surface area contributed by atoms with Gasteiger partial charge in [0, 0.05) is 27.7 Å². The third kappa shape index (κ3) is 2.14. The molecule has 0 aliphatic heterocycles. The Morgan fingerprint density at radius 3 is 3.08 bits per heavy atom. The van der Waals surface area contributed by atoms with Crippen LogP contribution in [0.15, 0.2) is 29.7 Å². The largest absolute Gasteiger partial charge is 0.271 e. The average molecular weight is 272 g/mol. The molecule has 0 amide bonds. The second-order valence-electron chi connectivity index (χ2n) is 2.35. The molecule has 3 heteroatoms. The first-order chi connectivity index (χ1) is 5.75. The maximum Gasteiger partial charge on any atom is 0.0403 e. The van der Waals surface area contributed by atoms with Gasteiger partial charge in [-0.3, -0.25) is 9.98 Å². The van der Waals surface area contributed by atoms with E-state index in [1.165, 1.54) is 5.56 Å². The Morgan fingerprint density at radius 1 is 1.75 bits per heavy atom. The van der Waals surface area contributed by atoms with E-state index in [0.29, 0.717) is 0 Å². The Morgan fingerprint density at radius 2 is 2.50 bits per heavy atom. The van der Waals surface area contributed by atoms with Gasteiger partial charge in [0.1, 0.15) is 0 Å². The second-order valence-corrected chi connectivity index (χ2v) is 3.51. The molecule has 0 fully saturated rings. The number of hydrogen-bond acceptors (Lipinski definition) is 2. The van der Waals surface area contributed by atoms with Crippen molar-refractivity contribution < 1.29 is 0 Å². The summed E-state index contributed by atoms with van der Waals surface area (Å²) in [4.78, 5) is 7.75. The smallest absolute Gasteiger partial charge is 0.0403 e. The van der Waals surface area contributed by atoms with E-state index in [-0.39, 0.29) is 0 Å². The van der Waals surface area contributed by atoms with Crippen LogP contribution in [0.5, 0.6) is 0 Å². The molecule has 0 aliphatic rings. The molecule has 62 valence electrons. The molecule has 0 N–H and O–H groups in total. The highest BCUT2D eigenvalue weighted by molar-refractivity contribution is 14.1. The van der Waals surface area contributed by atoms with E-state index in [9.17, 15) is 0 Å². The maximum absolute atomic E-state index is 4.04. The fourth-order valence-corrected chi connectivity index (χ4v) is 1.63. The molecular weight excluding hydrogens is 263 g/mol. The van der Waals surface area contributed by atoms with Crippen molar-refractivity contribution in [2.75, 3.05) is 0 Å². The zero-order valence-electron chi connectivity index (χ0n) is 6.79. The fraction of sp³-hybridized carbons (Fsp3) is 0.111. The van der Waals surface area contributed by atoms with Crippen LogP contribution in [0.25, 0.3) is 3.58 Å². The van der Waals surface area contributed by atoms with Crippen LogP contribution in [0.2, 0.25) is 0 Å². The maximum atomic E-state index is 4.04. The summed E-state index contributed by atoms with van der Waals surface area (Å²) < 4.78 is 1.06. The van der Waals surface area contributed by atoms with Crippen LogP contribution in [0.4, 0.5) is 0 Å². The lowest BCUT2D eigenvalue weighted by molar-refractivity contribution is 1.27. The molecule has 0 saturated heterocycles. The third-order valence-corrected chi connectivity index (χ3v) is 2.36. The van der Waals surface area contributed by atoms with Crippen molar-refractivity contribution in [3.8, 4) is 0 Å². The van der Waals surface area contributed by atoms with E-state index in [1.807, 2.05) is 19.2 Å². The van der Waals surface area contributed by atoms with Gasteiger partial charge in [-0.15, -0.1) is 0 Å². The molecule has 1 heterocycles. The van der Waals surface area contributed by atoms with Crippen molar-refractivity contribution in [2.45, 2.75) is 6.92 Å². The molecule has 1 rings (SSSR count). The highest BCUT2D eigenvalue weighted by atomic mass is 127. The minimum absolute atomic E-state index is 1.06. The molecule has 0 unspecified atom stereocenters. The van der Waals surface area contributed by atoms with E-state index in [4.69, 9.17) is 0 Å². The molecular formula is C9H9IN2. The van der Waals surface area contributed by atoms with Gasteiger partial charge in [-0.05, 0) is 47.9 Å². The molecule has 0 atom stereocenters. The van der Waals surface area contributed by atoms with Crippen molar-refractivity contribution in [1.82, 2.24) is 4.98 Å². The molecule has 0 bridgehead atoms. The lowest BCUT2D eigenvalue weighted by Gasteiger charge is -2.01. The van der Waals surface area contributed by atoms with Crippen molar-refractivity contribution >= 4 is 32.9 Å². The average Bonchev–Trinajstić information content (AvgIpc) is 2.05. The summed E-state index contributed by atoms with van der Waals surface area (Å²) in [7, 11) is 0. The van der Waals surface area contributed by atoms with Crippen molar-refractivity contribution in [1.29, 1.82) is 0 Å². The first-order valence-electron chi connectivity index (χ1n) is 3.48. The molecule has 1 aromatic heterocycles. The molecule has 12 heavy (non-hydrogen) atoms. The fourth-order valence-electron chi connectivity index (χ4n) is 0.864. The molecule has 0 aromatic carbocycles. The van der Waals surface area contributed by atoms with Gasteiger partial charge in [-0.1, -0.05) is 0 Å². The van der Waals surface area contributed by atoms with Gasteiger partial charge in [0.05, 0.1) is 0 Å². The summed E-state index contributed by atoms with van der Waals surface area (Å²) in [6.07, 6.45) is 5.34. The number of aromatic nitrogens is 1. The number of aliphatic imine (C=N–C) groups is 1. The second kappa shape index (κ2) is 4.35. The summed E-state index contributed by atoms with van der Waals surface area (Å²) in [5, 5.41) is 0. The Hall–Kier alpha value is -0.710. The minimum atomic E-state index is 1.06. The lowest BCUT2D eigenvalue weighted by Crippen LogP contribution is -1.84. The van der Waals surface area contributed by atoms with Gasteiger partial charge in [0.15, 0.2) is 0 Å². The normalized spacial score (nSPS) is 11.3. The highest BCUT2D eigenvalue weighted by Gasteiger charge is 1.99. The molecule has 0 saturated carbocycles. The SMILES string of the molecule is C=N/C=C(/I)c1cnccc1C. The van der Waals surface area contributed by atoms with Crippen molar-refractivity contribution in [3.63, 3.8) is 0 Å². The Labute approximate surface area is 85.6 Å². The summed E-state index contributed by atoms with van der Waals surface area (Å²) in [6.45, 7) is 5.45. The van der Waals surface area contributed by atoms with E-state index in [0.717, 1.165) is 9.14 Å². The van der Waals surface area contributed by atoms with Crippen LogP contribution >= 0.6 is 22.6 Å². The number of nitrogens with zero attached hydrogens (tertiary/aromatic N) is 2. The number of aryl methyl sites for hydroxylation is 1. The zero-order valence-corrected chi connectivity index (χ0v) is 8.95. The predicted molar refractivity (Wildman–Crippen MR) is 60.5 cm³/mol. The monoisotopic (exact) mass is 272 g/mol. The van der Waals surface area contributed by atoms with Crippen LogP contribution in [0, 0.1) is 6.92 Å². The predicted octanol–water partition coefficient (Wildman–Crippen LogP) is 2.82. The van der Waals surface area contributed by atoms with E-state index >= 15 is 0 Å². The van der Waals surface area contributed by atoms with Gasteiger partial charge in [-0.25, -0.2) is 0 Å². The quantitative estimate of drug-likeness (QED) is 0.600. The standard InChI is InChI=1S/C9H9IN2/c1-7-3-4-12-5-8(7)9(10)6-11-2/h3-6H,2H2,1H3/b9-6+. The lowest BCUT2D eigenvalue weighted by atomic mass is 10.2. The Balaban J connectivity index is 3.10. The highest BCUT2D eigenvalue weighted by Crippen LogP contribution is 2.23. The number of rotatable bonds is 2. The zero-order chi connectivity index (χ0) is 8.97. The topological polar surface area (TPSA) is 25.2 Å². The van der Waals surface area contributed by atoms with Crippen LogP contribution in [0.1, 0.15) is 11.1 Å². The summed E-state index contributed by atoms with van der Waals surface area (Å²) in [5.41, 5.74) is 2.32. The molecule has 0 aliphatic carbocycles. The number of pyridine rings is 1. The van der Waals surface area contributed by atoms with Crippen LogP contribution < -0.4 is 0 Å². The summed E-state index contributed by atoms with van der Waals surface area (Å²) >= 11 is 2.22. The molecule has 0 spiro atoms. The van der Waals surface area contributed by atoms with Gasteiger partial charge in [0.2, 0.25) is 0 Å². The van der Waals surface area contributed by atoms with Crippen molar-refractivity contribution in [2.24, 2.45) is 4.99 Å². The van der Waals surface area contributed by atoms with Crippen LogP contribution in [-0.2, 0) is 0 Å². The Bertz CT molecular complexity index is 318. The Kier molecular flexibility index (Phi) is 3.40. The molecule has 0 radical (unpaired) electrons. The van der Waals surface area contributed by atoms with Gasteiger partial charge in [-0.2, -0.15) is 0 Å². The third-order valence-electron chi connectivity index (χ3n) is 1.50.